The molecule has 0 aliphatic carbocycles. The van der Waals surface area contributed by atoms with Crippen LogP contribution in [0, 0.1) is 11.3 Å². The molecule has 12 nitrogen and oxygen atoms in total. The van der Waals surface area contributed by atoms with Crippen LogP contribution in [0.1, 0.15) is 52.3 Å². The third-order valence-corrected chi connectivity index (χ3v) is 7.06. The summed E-state index contributed by atoms with van der Waals surface area (Å²) in [7, 11) is -4.07. The van der Waals surface area contributed by atoms with Crippen molar-refractivity contribution in [3.63, 3.8) is 0 Å². The van der Waals surface area contributed by atoms with E-state index in [9.17, 15) is 18.5 Å². The molecule has 3 aromatic rings. The van der Waals surface area contributed by atoms with Crippen LogP contribution >= 0.6 is 11.6 Å². The molecule has 0 saturated heterocycles. The standard InChI is InChI=1S/C27H33ClN8O4S/c1-6-35(12-7-13-41(38,39)40)19-9-10-22(23(15-19)31-17(2)37)32-33-26-20(16-29)25(27(3,4)5)34-36(26)24-11-8-18(28)14-21(24)30/h8-11,14-15H,6-7,12-13,30H2,1-5H3,(H,31,37)(H,38,39,40). The van der Waals surface area contributed by atoms with Crippen LogP contribution in [0.3, 0.4) is 0 Å². The fraction of sp³-hybridized carbons (Fsp3) is 0.370. The summed E-state index contributed by atoms with van der Waals surface area (Å²) in [6.07, 6.45) is 0.217. The first-order valence-corrected chi connectivity index (χ1v) is 14.8. The highest BCUT2D eigenvalue weighted by Crippen LogP contribution is 2.37. The van der Waals surface area contributed by atoms with Gasteiger partial charge in [-0.3, -0.25) is 9.35 Å². The lowest BCUT2D eigenvalue weighted by atomic mass is 9.90. The van der Waals surface area contributed by atoms with Gasteiger partial charge in [0.05, 0.1) is 28.5 Å². The lowest BCUT2D eigenvalue weighted by Crippen LogP contribution is -2.25. The molecule has 0 unspecified atom stereocenters. The van der Waals surface area contributed by atoms with Crippen molar-refractivity contribution >= 4 is 56.2 Å². The predicted octanol–water partition coefficient (Wildman–Crippen LogP) is 5.76. The Morgan fingerprint density at radius 1 is 1.24 bits per heavy atom. The minimum atomic E-state index is -4.07. The van der Waals surface area contributed by atoms with Crippen LogP contribution in [0.15, 0.2) is 46.6 Å². The van der Waals surface area contributed by atoms with Crippen molar-refractivity contribution in [2.24, 2.45) is 10.2 Å². The Kier molecular flexibility index (Phi) is 9.75. The topological polar surface area (TPSA) is 179 Å². The summed E-state index contributed by atoms with van der Waals surface area (Å²) in [5, 5.41) is 26.7. The second kappa shape index (κ2) is 12.7. The van der Waals surface area contributed by atoms with Crippen molar-refractivity contribution in [1.29, 1.82) is 5.26 Å². The third-order valence-electron chi connectivity index (χ3n) is 6.02. The summed E-state index contributed by atoms with van der Waals surface area (Å²) >= 11 is 6.09. The van der Waals surface area contributed by atoms with Crippen molar-refractivity contribution in [3.05, 3.63) is 52.7 Å². The molecule has 0 radical (unpaired) electrons. The number of rotatable bonds is 10. The first-order valence-electron chi connectivity index (χ1n) is 12.8. The van der Waals surface area contributed by atoms with E-state index in [1.54, 1.807) is 36.4 Å². The maximum Gasteiger partial charge on any atom is 0.264 e. The number of anilines is 3. The van der Waals surface area contributed by atoms with E-state index in [0.29, 0.717) is 52.2 Å². The normalized spacial score (nSPS) is 12.0. The lowest BCUT2D eigenvalue weighted by molar-refractivity contribution is -0.114. The summed E-state index contributed by atoms with van der Waals surface area (Å²) in [6, 6.07) is 12.2. The summed E-state index contributed by atoms with van der Waals surface area (Å²) in [5.74, 6) is -0.540. The van der Waals surface area contributed by atoms with E-state index in [1.165, 1.54) is 11.6 Å². The molecule has 2 aromatic carbocycles. The van der Waals surface area contributed by atoms with Gasteiger partial charge in [0, 0.05) is 36.1 Å². The van der Waals surface area contributed by atoms with Crippen LogP contribution in [-0.2, 0) is 20.3 Å². The van der Waals surface area contributed by atoms with E-state index in [-0.39, 0.29) is 29.5 Å². The molecule has 1 aromatic heterocycles. The van der Waals surface area contributed by atoms with Gasteiger partial charge < -0.3 is 16.0 Å². The van der Waals surface area contributed by atoms with Gasteiger partial charge in [0.25, 0.3) is 10.1 Å². The van der Waals surface area contributed by atoms with E-state index in [1.807, 2.05) is 32.6 Å². The van der Waals surface area contributed by atoms with Crippen molar-refractivity contribution < 1.29 is 17.8 Å². The fourth-order valence-corrected chi connectivity index (χ4v) is 4.80. The monoisotopic (exact) mass is 600 g/mol. The molecule has 0 atom stereocenters. The number of hydrogen-bond donors (Lipinski definition) is 3. The number of halogens is 1. The molecular weight excluding hydrogens is 568 g/mol. The quantitative estimate of drug-likeness (QED) is 0.149. The van der Waals surface area contributed by atoms with Gasteiger partial charge in [-0.05, 0) is 49.7 Å². The smallest absolute Gasteiger partial charge is 0.264 e. The molecule has 0 saturated carbocycles. The second-order valence-electron chi connectivity index (χ2n) is 10.3. The van der Waals surface area contributed by atoms with Crippen molar-refractivity contribution in [2.75, 3.05) is 34.8 Å². The van der Waals surface area contributed by atoms with Gasteiger partial charge in [-0.15, -0.1) is 10.2 Å². The molecule has 4 N–H and O–H groups in total. The molecule has 0 aliphatic rings. The number of azo groups is 1. The molecule has 0 aliphatic heterocycles. The zero-order chi connectivity index (χ0) is 30.5. The van der Waals surface area contributed by atoms with E-state index < -0.39 is 15.5 Å². The maximum absolute atomic E-state index is 12.0. The lowest BCUT2D eigenvalue weighted by Gasteiger charge is -2.24. The second-order valence-corrected chi connectivity index (χ2v) is 12.3. The molecule has 1 heterocycles. The molecular formula is C27H33ClN8O4S. The van der Waals surface area contributed by atoms with Crippen LogP contribution in [0.4, 0.5) is 28.6 Å². The highest BCUT2D eigenvalue weighted by atomic mass is 35.5. The third kappa shape index (κ3) is 8.03. The van der Waals surface area contributed by atoms with Crippen molar-refractivity contribution in [1.82, 2.24) is 9.78 Å². The van der Waals surface area contributed by atoms with Crippen LogP contribution in [-0.4, -0.2) is 47.5 Å². The average molecular weight is 601 g/mol. The fourth-order valence-electron chi connectivity index (χ4n) is 4.12. The number of nitrogens with zero attached hydrogens (tertiary/aromatic N) is 6. The molecule has 0 bridgehead atoms. The van der Waals surface area contributed by atoms with Gasteiger partial charge in [0.15, 0.2) is 5.82 Å². The van der Waals surface area contributed by atoms with Crippen LogP contribution < -0.4 is 16.0 Å². The Balaban J connectivity index is 2.11. The highest BCUT2D eigenvalue weighted by molar-refractivity contribution is 7.85. The largest absolute Gasteiger partial charge is 0.397 e. The van der Waals surface area contributed by atoms with Gasteiger partial charge in [-0.2, -0.15) is 18.8 Å². The molecule has 3 rings (SSSR count). The zero-order valence-corrected chi connectivity index (χ0v) is 25.1. The molecule has 1 amide bonds. The number of hydrogen-bond acceptors (Lipinski definition) is 9. The zero-order valence-electron chi connectivity index (χ0n) is 23.5. The first kappa shape index (κ1) is 31.5. The first-order chi connectivity index (χ1) is 19.1. The maximum atomic E-state index is 12.0. The molecule has 0 spiro atoms. The number of amides is 1. The van der Waals surface area contributed by atoms with Crippen LogP contribution in [0.5, 0.6) is 0 Å². The summed E-state index contributed by atoms with van der Waals surface area (Å²) < 4.78 is 32.8. The summed E-state index contributed by atoms with van der Waals surface area (Å²) in [6.45, 7) is 9.95. The van der Waals surface area contributed by atoms with Gasteiger partial charge in [0.2, 0.25) is 5.91 Å². The summed E-state index contributed by atoms with van der Waals surface area (Å²) in [4.78, 5) is 13.9. The number of carbonyl (C=O) groups is 1. The average Bonchev–Trinajstić information content (AvgIpc) is 3.23. The number of benzene rings is 2. The number of nitrogens with two attached hydrogens (primary N) is 1. The van der Waals surface area contributed by atoms with E-state index in [4.69, 9.17) is 21.9 Å². The van der Waals surface area contributed by atoms with E-state index in [2.05, 4.69) is 26.7 Å². The van der Waals surface area contributed by atoms with Gasteiger partial charge in [-0.25, -0.2) is 4.68 Å². The van der Waals surface area contributed by atoms with Gasteiger partial charge in [-0.1, -0.05) is 32.4 Å². The predicted molar refractivity (Wildman–Crippen MR) is 160 cm³/mol. The minimum Gasteiger partial charge on any atom is -0.397 e. The SMILES string of the molecule is CCN(CCCS(=O)(=O)O)c1ccc(N=Nc2c(C#N)c(C(C)(C)C)nn2-c2ccc(Cl)cc2N)c(NC(C)=O)c1. The minimum absolute atomic E-state index is 0.157. The molecule has 41 heavy (non-hydrogen) atoms. The Labute approximate surface area is 244 Å². The van der Waals surface area contributed by atoms with Crippen molar-refractivity contribution in [3.8, 4) is 11.8 Å². The van der Waals surface area contributed by atoms with Gasteiger partial charge >= 0.3 is 0 Å². The Bertz CT molecular complexity index is 1620. The molecule has 14 heteroatoms. The van der Waals surface area contributed by atoms with Crippen LogP contribution in [0.25, 0.3) is 5.69 Å². The summed E-state index contributed by atoms with van der Waals surface area (Å²) in [5.41, 5.74) is 8.65. The van der Waals surface area contributed by atoms with Gasteiger partial charge in [0.1, 0.15) is 17.3 Å². The molecule has 218 valence electrons. The Hall–Kier alpha value is -3.99. The number of carbonyl (C=O) groups excluding carboxylic acids is 1. The number of nitriles is 1. The number of nitrogen functional groups attached to an aromatic ring is 1. The van der Waals surface area contributed by atoms with Crippen molar-refractivity contribution in [2.45, 2.75) is 46.5 Å². The number of nitrogens with one attached hydrogen (secondary N) is 1. The van der Waals surface area contributed by atoms with E-state index in [0.717, 1.165) is 0 Å². The Morgan fingerprint density at radius 3 is 2.51 bits per heavy atom. The molecule has 0 fully saturated rings. The highest BCUT2D eigenvalue weighted by Gasteiger charge is 2.28. The van der Waals surface area contributed by atoms with Crippen LogP contribution in [0.2, 0.25) is 5.02 Å². The Morgan fingerprint density at radius 2 is 1.95 bits per heavy atom. The van der Waals surface area contributed by atoms with E-state index >= 15 is 0 Å². The number of aromatic nitrogens is 2.